The van der Waals surface area contributed by atoms with E-state index < -0.39 is 0 Å². The molecule has 0 saturated heterocycles. The molecule has 3 aromatic rings. The number of oxazole rings is 1. The molecule has 140 valence electrons. The van der Waals surface area contributed by atoms with Crippen LogP contribution in [0.25, 0.3) is 11.3 Å². The fraction of sp³-hybridized carbons (Fsp3) is 0.238. The Balaban J connectivity index is 1.48. The van der Waals surface area contributed by atoms with Crippen LogP contribution >= 0.6 is 0 Å². The molecule has 5 nitrogen and oxygen atoms in total. The first-order valence-electron chi connectivity index (χ1n) is 8.85. The number of aliphatic imine (C=N–C) groups is 1. The third-order valence-corrected chi connectivity index (χ3v) is 4.14. The number of hydrogen-bond acceptors (Lipinski definition) is 3. The molecule has 0 atom stereocenters. The Kier molecular flexibility index (Phi) is 6.20. The molecule has 0 amide bonds. The molecule has 1 aromatic heterocycles. The minimum absolute atomic E-state index is 0.222. The van der Waals surface area contributed by atoms with E-state index in [0.717, 1.165) is 23.3 Å². The van der Waals surface area contributed by atoms with Crippen molar-refractivity contribution in [3.63, 3.8) is 0 Å². The molecule has 0 aliphatic rings. The third kappa shape index (κ3) is 5.41. The number of nitrogens with zero attached hydrogens (tertiary/aromatic N) is 2. The van der Waals surface area contributed by atoms with E-state index in [1.54, 1.807) is 25.4 Å². The highest BCUT2D eigenvalue weighted by Gasteiger charge is 2.07. The van der Waals surface area contributed by atoms with Gasteiger partial charge in [-0.25, -0.2) is 9.37 Å². The van der Waals surface area contributed by atoms with Crippen LogP contribution in [0.1, 0.15) is 17.0 Å². The molecule has 3 rings (SSSR count). The lowest BCUT2D eigenvalue weighted by Gasteiger charge is -2.10. The van der Waals surface area contributed by atoms with Gasteiger partial charge in [0.2, 0.25) is 5.89 Å². The number of guanidine groups is 1. The predicted molar refractivity (Wildman–Crippen MR) is 105 cm³/mol. The summed E-state index contributed by atoms with van der Waals surface area (Å²) in [5, 5.41) is 6.40. The number of benzene rings is 2. The Morgan fingerprint density at radius 3 is 2.52 bits per heavy atom. The molecule has 0 fully saturated rings. The minimum atomic E-state index is -0.222. The topological polar surface area (TPSA) is 62.5 Å². The molecule has 27 heavy (non-hydrogen) atoms. The zero-order valence-corrected chi connectivity index (χ0v) is 15.5. The SMILES string of the molecule is CN=C(NCCc1ccc(F)cc1)NCc1ncc(-c2ccc(C)cc2)o1. The van der Waals surface area contributed by atoms with E-state index >= 15 is 0 Å². The van der Waals surface area contributed by atoms with Crippen LogP contribution in [0.2, 0.25) is 0 Å². The molecule has 0 aliphatic heterocycles. The van der Waals surface area contributed by atoms with Crippen molar-refractivity contribution in [1.82, 2.24) is 15.6 Å². The van der Waals surface area contributed by atoms with Crippen LogP contribution in [0, 0.1) is 12.7 Å². The molecule has 0 radical (unpaired) electrons. The number of hydrogen-bond donors (Lipinski definition) is 2. The summed E-state index contributed by atoms with van der Waals surface area (Å²) >= 11 is 0. The fourth-order valence-corrected chi connectivity index (χ4v) is 2.60. The second-order valence-corrected chi connectivity index (χ2v) is 6.21. The monoisotopic (exact) mass is 366 g/mol. The van der Waals surface area contributed by atoms with Gasteiger partial charge >= 0.3 is 0 Å². The van der Waals surface area contributed by atoms with E-state index in [-0.39, 0.29) is 5.82 Å². The lowest BCUT2D eigenvalue weighted by atomic mass is 10.1. The molecule has 0 spiro atoms. The molecule has 6 heteroatoms. The van der Waals surface area contributed by atoms with Crippen LogP contribution in [0.3, 0.4) is 0 Å². The second-order valence-electron chi connectivity index (χ2n) is 6.21. The maximum absolute atomic E-state index is 12.9. The van der Waals surface area contributed by atoms with Crippen molar-refractivity contribution >= 4 is 5.96 Å². The Morgan fingerprint density at radius 2 is 1.81 bits per heavy atom. The molecule has 2 aromatic carbocycles. The zero-order chi connectivity index (χ0) is 19.1. The van der Waals surface area contributed by atoms with Gasteiger partial charge in [0.15, 0.2) is 11.7 Å². The Labute approximate surface area is 158 Å². The van der Waals surface area contributed by atoms with E-state index in [9.17, 15) is 4.39 Å². The third-order valence-electron chi connectivity index (χ3n) is 4.14. The predicted octanol–water partition coefficient (Wildman–Crippen LogP) is 3.70. The van der Waals surface area contributed by atoms with Crippen molar-refractivity contribution in [3.8, 4) is 11.3 Å². The first-order valence-corrected chi connectivity index (χ1v) is 8.85. The fourth-order valence-electron chi connectivity index (χ4n) is 2.60. The normalized spacial score (nSPS) is 11.4. The summed E-state index contributed by atoms with van der Waals surface area (Å²) < 4.78 is 18.7. The lowest BCUT2D eigenvalue weighted by Crippen LogP contribution is -2.37. The van der Waals surface area contributed by atoms with Crippen molar-refractivity contribution in [3.05, 3.63) is 77.6 Å². The summed E-state index contributed by atoms with van der Waals surface area (Å²) in [5.74, 6) is 1.77. The largest absolute Gasteiger partial charge is 0.439 e. The van der Waals surface area contributed by atoms with Gasteiger partial charge in [0, 0.05) is 19.2 Å². The average molecular weight is 366 g/mol. The van der Waals surface area contributed by atoms with E-state index in [1.165, 1.54) is 17.7 Å². The Morgan fingerprint density at radius 1 is 1.07 bits per heavy atom. The highest BCUT2D eigenvalue weighted by molar-refractivity contribution is 5.79. The van der Waals surface area contributed by atoms with E-state index in [4.69, 9.17) is 4.42 Å². The van der Waals surface area contributed by atoms with Gasteiger partial charge in [-0.1, -0.05) is 42.0 Å². The number of halogens is 1. The molecule has 0 bridgehead atoms. The minimum Gasteiger partial charge on any atom is -0.439 e. The average Bonchev–Trinajstić information content (AvgIpc) is 3.15. The van der Waals surface area contributed by atoms with Gasteiger partial charge in [-0.3, -0.25) is 4.99 Å². The summed E-state index contributed by atoms with van der Waals surface area (Å²) in [5.41, 5.74) is 3.27. The molecule has 2 N–H and O–H groups in total. The molecule has 0 unspecified atom stereocenters. The highest BCUT2D eigenvalue weighted by Crippen LogP contribution is 2.20. The van der Waals surface area contributed by atoms with Crippen LogP contribution in [-0.2, 0) is 13.0 Å². The van der Waals surface area contributed by atoms with E-state index in [2.05, 4.69) is 20.6 Å². The first kappa shape index (κ1) is 18.6. The molecular weight excluding hydrogens is 343 g/mol. The van der Waals surface area contributed by atoms with Gasteiger partial charge in [-0.15, -0.1) is 0 Å². The zero-order valence-electron chi connectivity index (χ0n) is 15.5. The summed E-state index contributed by atoms with van der Waals surface area (Å²) in [7, 11) is 1.71. The lowest BCUT2D eigenvalue weighted by molar-refractivity contribution is 0.497. The smallest absolute Gasteiger partial charge is 0.214 e. The van der Waals surface area contributed by atoms with Crippen LogP contribution in [0.15, 0.2) is 64.1 Å². The second kappa shape index (κ2) is 8.98. The Hall–Kier alpha value is -3.15. The first-order chi connectivity index (χ1) is 13.1. The van der Waals surface area contributed by atoms with Gasteiger partial charge < -0.3 is 15.1 Å². The van der Waals surface area contributed by atoms with E-state index in [1.807, 2.05) is 31.2 Å². The summed E-state index contributed by atoms with van der Waals surface area (Å²) in [4.78, 5) is 8.50. The standard InChI is InChI=1S/C21H23FN4O/c1-15-3-7-17(8-4-15)19-13-25-20(27-19)14-26-21(23-2)24-12-11-16-5-9-18(22)10-6-16/h3-10,13H,11-12,14H2,1-2H3,(H2,23,24,26). The Bertz CT molecular complexity index is 885. The molecule has 0 aliphatic carbocycles. The van der Waals surface area contributed by atoms with Crippen LogP contribution in [0.5, 0.6) is 0 Å². The van der Waals surface area contributed by atoms with Crippen LogP contribution < -0.4 is 10.6 Å². The van der Waals surface area contributed by atoms with E-state index in [0.29, 0.717) is 24.9 Å². The quantitative estimate of drug-likeness (QED) is 0.516. The van der Waals surface area contributed by atoms with Gasteiger partial charge in [-0.2, -0.15) is 0 Å². The van der Waals surface area contributed by atoms with Crippen molar-refractivity contribution in [2.45, 2.75) is 19.9 Å². The van der Waals surface area contributed by atoms with Crippen molar-refractivity contribution < 1.29 is 8.81 Å². The number of rotatable bonds is 6. The summed E-state index contributed by atoms with van der Waals surface area (Å²) in [6, 6.07) is 14.6. The van der Waals surface area contributed by atoms with Gasteiger partial charge in [0.05, 0.1) is 12.7 Å². The summed E-state index contributed by atoms with van der Waals surface area (Å²) in [6.45, 7) is 3.17. The van der Waals surface area contributed by atoms with Gasteiger partial charge in [0.1, 0.15) is 5.82 Å². The molecular formula is C21H23FN4O. The number of nitrogens with one attached hydrogen (secondary N) is 2. The van der Waals surface area contributed by atoms with Crippen molar-refractivity contribution in [2.75, 3.05) is 13.6 Å². The summed E-state index contributed by atoms with van der Waals surface area (Å²) in [6.07, 6.45) is 2.50. The molecule has 1 heterocycles. The van der Waals surface area contributed by atoms with Crippen LogP contribution in [0.4, 0.5) is 4.39 Å². The highest BCUT2D eigenvalue weighted by atomic mass is 19.1. The van der Waals surface area contributed by atoms with Crippen molar-refractivity contribution in [1.29, 1.82) is 0 Å². The van der Waals surface area contributed by atoms with Gasteiger partial charge in [-0.05, 0) is 31.0 Å². The number of aryl methyl sites for hydroxylation is 1. The maximum Gasteiger partial charge on any atom is 0.214 e. The number of aromatic nitrogens is 1. The maximum atomic E-state index is 12.9. The molecule has 0 saturated carbocycles. The van der Waals surface area contributed by atoms with Gasteiger partial charge in [0.25, 0.3) is 0 Å². The van der Waals surface area contributed by atoms with Crippen molar-refractivity contribution in [2.24, 2.45) is 4.99 Å². The van der Waals surface area contributed by atoms with Crippen LogP contribution in [-0.4, -0.2) is 24.5 Å².